The van der Waals surface area contributed by atoms with Gasteiger partial charge in [-0.2, -0.15) is 0 Å². The fourth-order valence-electron chi connectivity index (χ4n) is 3.62. The zero-order valence-corrected chi connectivity index (χ0v) is 16.5. The van der Waals surface area contributed by atoms with Crippen LogP contribution < -0.4 is 4.74 Å². The number of methoxy groups -OCH3 is 1. The second kappa shape index (κ2) is 7.43. The molecule has 0 bridgehead atoms. The summed E-state index contributed by atoms with van der Waals surface area (Å²) < 4.78 is 5.26. The molecule has 5 heteroatoms. The van der Waals surface area contributed by atoms with Crippen molar-refractivity contribution < 1.29 is 14.3 Å². The zero-order valence-electron chi connectivity index (χ0n) is 16.5. The molecule has 0 atom stereocenters. The number of benzene rings is 3. The van der Waals surface area contributed by atoms with Crippen LogP contribution in [0, 0.1) is 0 Å². The average molecular weight is 386 g/mol. The summed E-state index contributed by atoms with van der Waals surface area (Å²) in [6.45, 7) is 4.44. The lowest BCUT2D eigenvalue weighted by molar-refractivity contribution is -0.130. The summed E-state index contributed by atoms with van der Waals surface area (Å²) >= 11 is 0. The van der Waals surface area contributed by atoms with Gasteiger partial charge in [-0.15, -0.1) is 0 Å². The Morgan fingerprint density at radius 2 is 1.72 bits per heavy atom. The SMILES string of the molecule is C=C1c2ccccc2C(=O)N1CC(=O)N(C)Cc1ccc2cc(OC)ccc2c1. The first-order valence-corrected chi connectivity index (χ1v) is 9.39. The molecule has 0 N–H and O–H groups in total. The minimum atomic E-state index is -0.174. The second-order valence-electron chi connectivity index (χ2n) is 7.18. The van der Waals surface area contributed by atoms with Crippen LogP contribution in [-0.2, 0) is 11.3 Å². The van der Waals surface area contributed by atoms with Gasteiger partial charge in [-0.25, -0.2) is 0 Å². The molecule has 0 aliphatic carbocycles. The van der Waals surface area contributed by atoms with Crippen LogP contribution in [0.15, 0.2) is 67.2 Å². The summed E-state index contributed by atoms with van der Waals surface area (Å²) in [5, 5.41) is 2.17. The van der Waals surface area contributed by atoms with Crippen LogP contribution in [0.3, 0.4) is 0 Å². The predicted molar refractivity (Wildman–Crippen MR) is 113 cm³/mol. The Hall–Kier alpha value is -3.60. The Morgan fingerprint density at radius 3 is 2.45 bits per heavy atom. The quantitative estimate of drug-likeness (QED) is 0.668. The van der Waals surface area contributed by atoms with Crippen molar-refractivity contribution in [2.75, 3.05) is 20.7 Å². The van der Waals surface area contributed by atoms with Crippen LogP contribution in [0.5, 0.6) is 5.75 Å². The summed E-state index contributed by atoms with van der Waals surface area (Å²) in [6.07, 6.45) is 0. The van der Waals surface area contributed by atoms with E-state index in [1.807, 2.05) is 48.5 Å². The van der Waals surface area contributed by atoms with Crippen LogP contribution in [0.1, 0.15) is 21.5 Å². The highest BCUT2D eigenvalue weighted by molar-refractivity contribution is 6.10. The second-order valence-corrected chi connectivity index (χ2v) is 7.18. The smallest absolute Gasteiger partial charge is 0.259 e. The van der Waals surface area contributed by atoms with Crippen molar-refractivity contribution in [1.29, 1.82) is 0 Å². The van der Waals surface area contributed by atoms with E-state index in [9.17, 15) is 9.59 Å². The maximum Gasteiger partial charge on any atom is 0.259 e. The molecule has 0 unspecified atom stereocenters. The van der Waals surface area contributed by atoms with Gasteiger partial charge >= 0.3 is 0 Å². The third-order valence-electron chi connectivity index (χ3n) is 5.29. The summed E-state index contributed by atoms with van der Waals surface area (Å²) in [5.41, 5.74) is 2.98. The number of likely N-dealkylation sites (N-methyl/N-ethyl adjacent to an activating group) is 1. The molecule has 0 saturated heterocycles. The Labute approximate surface area is 169 Å². The van der Waals surface area contributed by atoms with Gasteiger partial charge in [0.15, 0.2) is 0 Å². The number of carbonyl (C=O) groups is 2. The Morgan fingerprint density at radius 1 is 1.03 bits per heavy atom. The molecule has 5 nitrogen and oxygen atoms in total. The zero-order chi connectivity index (χ0) is 20.5. The third-order valence-corrected chi connectivity index (χ3v) is 5.29. The lowest BCUT2D eigenvalue weighted by Gasteiger charge is -2.22. The van der Waals surface area contributed by atoms with Crippen molar-refractivity contribution in [2.24, 2.45) is 0 Å². The molecule has 0 radical (unpaired) electrons. The van der Waals surface area contributed by atoms with Crippen molar-refractivity contribution in [3.63, 3.8) is 0 Å². The predicted octanol–water partition coefficient (Wildman–Crippen LogP) is 3.93. The molecule has 0 spiro atoms. The maximum atomic E-state index is 12.8. The number of hydrogen-bond acceptors (Lipinski definition) is 3. The normalized spacial score (nSPS) is 13.0. The first-order valence-electron chi connectivity index (χ1n) is 9.39. The van der Waals surface area contributed by atoms with Gasteiger partial charge < -0.3 is 9.64 Å². The van der Waals surface area contributed by atoms with Crippen molar-refractivity contribution in [2.45, 2.75) is 6.54 Å². The van der Waals surface area contributed by atoms with Gasteiger partial charge in [-0.05, 0) is 40.6 Å². The van der Waals surface area contributed by atoms with Crippen LogP contribution in [0.4, 0.5) is 0 Å². The molecule has 146 valence electrons. The highest BCUT2D eigenvalue weighted by Gasteiger charge is 2.32. The van der Waals surface area contributed by atoms with E-state index in [1.54, 1.807) is 25.1 Å². The monoisotopic (exact) mass is 386 g/mol. The summed E-state index contributed by atoms with van der Waals surface area (Å²) in [6, 6.07) is 19.3. The van der Waals surface area contributed by atoms with E-state index in [2.05, 4.69) is 12.6 Å². The van der Waals surface area contributed by atoms with Gasteiger partial charge in [0, 0.05) is 30.4 Å². The Kier molecular flexibility index (Phi) is 4.80. The molecular weight excluding hydrogens is 364 g/mol. The van der Waals surface area contributed by atoms with Crippen molar-refractivity contribution in [3.05, 3.63) is 83.9 Å². The number of amides is 2. The third kappa shape index (κ3) is 3.47. The minimum absolute atomic E-state index is 0.0202. The number of rotatable bonds is 5. The van der Waals surface area contributed by atoms with Crippen LogP contribution in [0.2, 0.25) is 0 Å². The van der Waals surface area contributed by atoms with E-state index >= 15 is 0 Å². The van der Waals surface area contributed by atoms with Gasteiger partial charge in [0.25, 0.3) is 5.91 Å². The topological polar surface area (TPSA) is 49.9 Å². The molecule has 1 aliphatic heterocycles. The largest absolute Gasteiger partial charge is 0.497 e. The van der Waals surface area contributed by atoms with Crippen LogP contribution >= 0.6 is 0 Å². The molecule has 0 aromatic heterocycles. The lowest BCUT2D eigenvalue weighted by Crippen LogP contribution is -2.37. The van der Waals surface area contributed by atoms with Gasteiger partial charge in [-0.1, -0.05) is 43.0 Å². The molecule has 2 amide bonds. The van der Waals surface area contributed by atoms with E-state index < -0.39 is 0 Å². The van der Waals surface area contributed by atoms with Gasteiger partial charge in [0.2, 0.25) is 5.91 Å². The fraction of sp³-hybridized carbons (Fsp3) is 0.167. The summed E-state index contributed by atoms with van der Waals surface area (Å²) in [5.74, 6) is 0.503. The molecule has 1 heterocycles. The molecule has 1 aliphatic rings. The maximum absolute atomic E-state index is 12.8. The number of hydrogen-bond donors (Lipinski definition) is 0. The molecule has 29 heavy (non-hydrogen) atoms. The molecular formula is C24H22N2O3. The molecule has 3 aromatic rings. The van der Waals surface area contributed by atoms with Crippen LogP contribution in [-0.4, -0.2) is 42.3 Å². The van der Waals surface area contributed by atoms with Crippen molar-refractivity contribution in [1.82, 2.24) is 9.80 Å². The van der Waals surface area contributed by atoms with Gasteiger partial charge in [0.05, 0.1) is 7.11 Å². The first kappa shape index (κ1) is 18.7. The molecule has 0 fully saturated rings. The van der Waals surface area contributed by atoms with E-state index in [0.29, 0.717) is 17.8 Å². The van der Waals surface area contributed by atoms with E-state index in [0.717, 1.165) is 27.6 Å². The standard InChI is InChI=1S/C24H22N2O3/c1-16-21-6-4-5-7-22(21)24(28)26(16)15-23(27)25(2)14-17-8-9-19-13-20(29-3)11-10-18(19)12-17/h4-13H,1,14-15H2,2-3H3. The Balaban J connectivity index is 1.46. The minimum Gasteiger partial charge on any atom is -0.497 e. The Bertz CT molecular complexity index is 1100. The fourth-order valence-corrected chi connectivity index (χ4v) is 3.62. The van der Waals surface area contributed by atoms with Crippen molar-refractivity contribution in [3.8, 4) is 5.75 Å². The number of ether oxygens (including phenoxy) is 1. The number of fused-ring (bicyclic) bond motifs is 2. The van der Waals surface area contributed by atoms with Crippen molar-refractivity contribution >= 4 is 28.3 Å². The summed E-state index contributed by atoms with van der Waals surface area (Å²) in [4.78, 5) is 28.5. The van der Waals surface area contributed by atoms with Gasteiger partial charge in [0.1, 0.15) is 12.3 Å². The highest BCUT2D eigenvalue weighted by atomic mass is 16.5. The summed E-state index contributed by atoms with van der Waals surface area (Å²) in [7, 11) is 3.39. The van der Waals surface area contributed by atoms with E-state index in [1.165, 1.54) is 4.90 Å². The molecule has 4 rings (SSSR count). The van der Waals surface area contributed by atoms with E-state index in [4.69, 9.17) is 4.74 Å². The lowest BCUT2D eigenvalue weighted by atomic mass is 10.1. The molecule has 0 saturated carbocycles. The van der Waals surface area contributed by atoms with Gasteiger partial charge in [-0.3, -0.25) is 14.5 Å². The average Bonchev–Trinajstić information content (AvgIpc) is 2.98. The number of carbonyl (C=O) groups excluding carboxylic acids is 2. The first-order chi connectivity index (χ1) is 14.0. The number of nitrogens with zero attached hydrogens (tertiary/aromatic N) is 2. The van der Waals surface area contributed by atoms with Crippen LogP contribution in [0.25, 0.3) is 16.5 Å². The molecule has 3 aromatic carbocycles. The highest BCUT2D eigenvalue weighted by Crippen LogP contribution is 2.31. The van der Waals surface area contributed by atoms with E-state index in [-0.39, 0.29) is 18.4 Å².